The van der Waals surface area contributed by atoms with Crippen LogP contribution in [0.5, 0.6) is 11.5 Å². The first-order chi connectivity index (χ1) is 14.6. The highest BCUT2D eigenvalue weighted by atomic mass is 79.9. The minimum Gasteiger partial charge on any atom is -0.454 e. The third kappa shape index (κ3) is 3.71. The summed E-state index contributed by atoms with van der Waals surface area (Å²) in [5, 5.41) is 0. The monoisotopic (exact) mass is 471 g/mol. The number of halogens is 1. The van der Waals surface area contributed by atoms with Gasteiger partial charge in [-0.25, -0.2) is 4.90 Å². The molecule has 2 fully saturated rings. The first kappa shape index (κ1) is 19.5. The van der Waals surface area contributed by atoms with Crippen molar-refractivity contribution in [2.45, 2.75) is 19.0 Å². The number of piperazine rings is 1. The maximum Gasteiger partial charge on any atom is 0.251 e. The molecule has 0 aliphatic carbocycles. The molecule has 2 amide bonds. The molecule has 0 bridgehead atoms. The quantitative estimate of drug-likeness (QED) is 0.638. The Hall–Kier alpha value is -2.42. The molecule has 0 radical (unpaired) electrons. The highest BCUT2D eigenvalue weighted by Crippen LogP contribution is 2.33. The van der Waals surface area contributed by atoms with E-state index in [2.05, 4.69) is 31.8 Å². The number of ether oxygens (including phenoxy) is 2. The van der Waals surface area contributed by atoms with E-state index in [1.165, 1.54) is 10.5 Å². The Morgan fingerprint density at radius 3 is 2.43 bits per heavy atom. The molecule has 0 aromatic heterocycles. The van der Waals surface area contributed by atoms with Crippen LogP contribution in [0.2, 0.25) is 0 Å². The van der Waals surface area contributed by atoms with Crippen LogP contribution in [0.3, 0.4) is 0 Å². The largest absolute Gasteiger partial charge is 0.454 e. The molecule has 3 heterocycles. The Morgan fingerprint density at radius 1 is 0.933 bits per heavy atom. The lowest BCUT2D eigenvalue weighted by atomic mass is 10.1. The summed E-state index contributed by atoms with van der Waals surface area (Å²) in [4.78, 5) is 31.4. The van der Waals surface area contributed by atoms with Crippen LogP contribution >= 0.6 is 15.9 Å². The second kappa shape index (κ2) is 8.02. The molecule has 2 aromatic carbocycles. The van der Waals surface area contributed by atoms with Crippen molar-refractivity contribution >= 4 is 33.4 Å². The molecule has 5 rings (SSSR count). The van der Waals surface area contributed by atoms with E-state index in [1.54, 1.807) is 12.1 Å². The van der Waals surface area contributed by atoms with Crippen LogP contribution in [0, 0.1) is 0 Å². The minimum atomic E-state index is -0.367. The number of hydrogen-bond donors (Lipinski definition) is 0. The fourth-order valence-electron chi connectivity index (χ4n) is 4.29. The molecule has 0 spiro atoms. The van der Waals surface area contributed by atoms with Crippen LogP contribution in [0.15, 0.2) is 46.9 Å². The third-order valence-electron chi connectivity index (χ3n) is 5.90. The molecule has 0 saturated carbocycles. The van der Waals surface area contributed by atoms with Crippen molar-refractivity contribution in [1.82, 2.24) is 9.80 Å². The van der Waals surface area contributed by atoms with E-state index in [1.807, 2.05) is 24.3 Å². The average Bonchev–Trinajstić information content (AvgIpc) is 3.33. The van der Waals surface area contributed by atoms with Crippen molar-refractivity contribution in [2.75, 3.05) is 37.9 Å². The summed E-state index contributed by atoms with van der Waals surface area (Å²) in [7, 11) is 0. The van der Waals surface area contributed by atoms with Crippen molar-refractivity contribution < 1.29 is 19.1 Å². The van der Waals surface area contributed by atoms with E-state index in [0.29, 0.717) is 5.69 Å². The number of carbonyl (C=O) groups is 2. The number of carbonyl (C=O) groups excluding carboxylic acids is 2. The second-order valence-corrected chi connectivity index (χ2v) is 8.68. The van der Waals surface area contributed by atoms with Gasteiger partial charge in [-0.2, -0.15) is 0 Å². The molecular weight excluding hydrogens is 450 g/mol. The Morgan fingerprint density at radius 2 is 1.67 bits per heavy atom. The minimum absolute atomic E-state index is 0.119. The first-order valence-electron chi connectivity index (χ1n) is 10.1. The number of anilines is 1. The summed E-state index contributed by atoms with van der Waals surface area (Å²) in [5.41, 5.74) is 1.82. The molecule has 7 nitrogen and oxygen atoms in total. The topological polar surface area (TPSA) is 62.3 Å². The van der Waals surface area contributed by atoms with Crippen LogP contribution in [0.25, 0.3) is 0 Å². The molecule has 3 aliphatic heterocycles. The molecule has 2 saturated heterocycles. The molecule has 0 N–H and O–H groups in total. The Labute approximate surface area is 183 Å². The number of rotatable bonds is 4. The summed E-state index contributed by atoms with van der Waals surface area (Å²) in [5.74, 6) is 1.35. The lowest BCUT2D eigenvalue weighted by molar-refractivity contribution is -0.123. The Balaban J connectivity index is 1.20. The fraction of sp³-hybridized carbons (Fsp3) is 0.364. The summed E-state index contributed by atoms with van der Waals surface area (Å²) >= 11 is 3.39. The van der Waals surface area contributed by atoms with Crippen molar-refractivity contribution in [3.05, 3.63) is 52.5 Å². The predicted octanol–water partition coefficient (Wildman–Crippen LogP) is 2.63. The van der Waals surface area contributed by atoms with Gasteiger partial charge in [0.2, 0.25) is 12.7 Å². The summed E-state index contributed by atoms with van der Waals surface area (Å²) < 4.78 is 11.8. The van der Waals surface area contributed by atoms with Crippen LogP contribution in [0.1, 0.15) is 12.0 Å². The van der Waals surface area contributed by atoms with Gasteiger partial charge in [-0.1, -0.05) is 22.0 Å². The fourth-order valence-corrected chi connectivity index (χ4v) is 4.56. The number of fused-ring (bicyclic) bond motifs is 1. The Kier molecular flexibility index (Phi) is 5.22. The number of hydrogen-bond acceptors (Lipinski definition) is 6. The van der Waals surface area contributed by atoms with Gasteiger partial charge in [0.15, 0.2) is 11.5 Å². The number of nitrogens with zero attached hydrogens (tertiary/aromatic N) is 3. The molecule has 3 aliphatic rings. The lowest BCUT2D eigenvalue weighted by Crippen LogP contribution is -2.52. The molecule has 1 atom stereocenters. The van der Waals surface area contributed by atoms with Gasteiger partial charge < -0.3 is 9.47 Å². The van der Waals surface area contributed by atoms with Gasteiger partial charge in [0.05, 0.1) is 18.2 Å². The maximum atomic E-state index is 13.0. The number of benzene rings is 2. The van der Waals surface area contributed by atoms with Crippen LogP contribution in [0.4, 0.5) is 5.69 Å². The molecular formula is C22H22BrN3O4. The maximum absolute atomic E-state index is 13.0. The number of amides is 2. The molecule has 1 unspecified atom stereocenters. The van der Waals surface area contributed by atoms with Crippen molar-refractivity contribution in [2.24, 2.45) is 0 Å². The van der Waals surface area contributed by atoms with E-state index < -0.39 is 0 Å². The van der Waals surface area contributed by atoms with Crippen molar-refractivity contribution in [3.63, 3.8) is 0 Å². The lowest BCUT2D eigenvalue weighted by Gasteiger charge is -2.37. The Bertz CT molecular complexity index is 973. The zero-order chi connectivity index (χ0) is 20.7. The van der Waals surface area contributed by atoms with E-state index in [0.717, 1.165) is 48.7 Å². The van der Waals surface area contributed by atoms with Gasteiger partial charge in [-0.05, 0) is 42.0 Å². The smallest absolute Gasteiger partial charge is 0.251 e. The van der Waals surface area contributed by atoms with Crippen LogP contribution in [-0.2, 0) is 16.1 Å². The highest BCUT2D eigenvalue weighted by Gasteiger charge is 2.43. The number of imide groups is 1. The van der Waals surface area contributed by atoms with Gasteiger partial charge in [0.25, 0.3) is 5.91 Å². The summed E-state index contributed by atoms with van der Waals surface area (Å²) in [6.07, 6.45) is 0.247. The standard InChI is InChI=1S/C22H22BrN3O4/c23-16-2-4-17(5-3-16)26-21(27)12-18(22(26)28)25-9-7-24(8-10-25)13-15-1-6-19-20(11-15)30-14-29-19/h1-6,11,18H,7-10,12-14H2. The van der Waals surface area contributed by atoms with E-state index in [-0.39, 0.29) is 31.1 Å². The van der Waals surface area contributed by atoms with Crippen molar-refractivity contribution in [3.8, 4) is 11.5 Å². The predicted molar refractivity (Wildman–Crippen MR) is 114 cm³/mol. The SMILES string of the molecule is O=C1CC(N2CCN(Cc3ccc4c(c3)OCO4)CC2)C(=O)N1c1ccc(Br)cc1. The third-order valence-corrected chi connectivity index (χ3v) is 6.43. The van der Waals surface area contributed by atoms with Gasteiger partial charge >= 0.3 is 0 Å². The summed E-state index contributed by atoms with van der Waals surface area (Å²) in [6, 6.07) is 13.0. The van der Waals surface area contributed by atoms with Crippen LogP contribution in [-0.4, -0.2) is 60.6 Å². The zero-order valence-corrected chi connectivity index (χ0v) is 18.0. The highest BCUT2D eigenvalue weighted by molar-refractivity contribution is 9.10. The second-order valence-electron chi connectivity index (χ2n) is 7.76. The molecule has 30 heavy (non-hydrogen) atoms. The van der Waals surface area contributed by atoms with E-state index >= 15 is 0 Å². The molecule has 8 heteroatoms. The van der Waals surface area contributed by atoms with E-state index in [9.17, 15) is 9.59 Å². The van der Waals surface area contributed by atoms with E-state index in [4.69, 9.17) is 9.47 Å². The van der Waals surface area contributed by atoms with Crippen LogP contribution < -0.4 is 14.4 Å². The molecule has 2 aromatic rings. The van der Waals surface area contributed by atoms with Gasteiger partial charge in [-0.15, -0.1) is 0 Å². The zero-order valence-electron chi connectivity index (χ0n) is 16.4. The average molecular weight is 472 g/mol. The van der Waals surface area contributed by atoms with Gasteiger partial charge in [0.1, 0.15) is 0 Å². The molecule has 156 valence electrons. The van der Waals surface area contributed by atoms with Crippen molar-refractivity contribution in [1.29, 1.82) is 0 Å². The van der Waals surface area contributed by atoms with Gasteiger partial charge in [-0.3, -0.25) is 19.4 Å². The first-order valence-corrected chi connectivity index (χ1v) is 10.8. The van der Waals surface area contributed by atoms with Gasteiger partial charge in [0, 0.05) is 37.2 Å². The normalized spacial score (nSPS) is 22.2. The summed E-state index contributed by atoms with van der Waals surface area (Å²) in [6.45, 7) is 4.34.